The van der Waals surface area contributed by atoms with Crippen LogP contribution in [-0.4, -0.2) is 49.1 Å². The average Bonchev–Trinajstić information content (AvgIpc) is 2.90. The molecule has 0 aliphatic carbocycles. The van der Waals surface area contributed by atoms with Gasteiger partial charge in [0.2, 0.25) is 5.91 Å². The Kier molecular flexibility index (Phi) is 3.45. The lowest BCUT2D eigenvalue weighted by Gasteiger charge is -2.29. The summed E-state index contributed by atoms with van der Waals surface area (Å²) in [5.41, 5.74) is 0.745. The van der Waals surface area contributed by atoms with Crippen molar-refractivity contribution < 1.29 is 14.3 Å². The van der Waals surface area contributed by atoms with Crippen molar-refractivity contribution >= 4 is 17.6 Å². The number of hydrogen-bond acceptors (Lipinski definition) is 3. The molecule has 6 heteroatoms. The molecule has 2 heterocycles. The molecule has 1 fully saturated rings. The van der Waals surface area contributed by atoms with Crippen LogP contribution in [-0.2, 0) is 4.79 Å². The molecule has 3 amide bonds. The Morgan fingerprint density at radius 2 is 2.19 bits per heavy atom. The number of carbonyl (C=O) groups excluding carboxylic acids is 2. The summed E-state index contributed by atoms with van der Waals surface area (Å²) >= 11 is 0. The number of nitrogens with one attached hydrogen (secondary N) is 1. The maximum atomic E-state index is 12.7. The van der Waals surface area contributed by atoms with E-state index < -0.39 is 6.04 Å². The average molecular weight is 289 g/mol. The largest absolute Gasteiger partial charge is 0.486 e. The minimum absolute atomic E-state index is 0.0699. The number of urea groups is 1. The molecule has 2 atom stereocenters. The Hall–Kier alpha value is -2.24. The van der Waals surface area contributed by atoms with Gasteiger partial charge in [0.15, 0.2) is 0 Å². The summed E-state index contributed by atoms with van der Waals surface area (Å²) < 4.78 is 5.99. The van der Waals surface area contributed by atoms with E-state index in [-0.39, 0.29) is 18.0 Å². The number of likely N-dealkylation sites (tertiary alicyclic amines) is 1. The SMILES string of the molecule is CCNC(=O)N1CC2CC1C(=O)N(C)c1ccccc1O2. The van der Waals surface area contributed by atoms with Crippen LogP contribution in [0.25, 0.3) is 0 Å². The van der Waals surface area contributed by atoms with Crippen molar-refractivity contribution in [2.24, 2.45) is 0 Å². The van der Waals surface area contributed by atoms with Crippen LogP contribution in [0.3, 0.4) is 0 Å². The molecule has 2 unspecified atom stereocenters. The second-order valence-electron chi connectivity index (χ2n) is 5.34. The molecule has 2 aliphatic heterocycles. The van der Waals surface area contributed by atoms with Crippen molar-refractivity contribution in [1.29, 1.82) is 0 Å². The number of amides is 3. The molecule has 0 aromatic heterocycles. The predicted molar refractivity (Wildman–Crippen MR) is 78.5 cm³/mol. The summed E-state index contributed by atoms with van der Waals surface area (Å²) in [7, 11) is 1.72. The zero-order valence-corrected chi connectivity index (χ0v) is 12.2. The van der Waals surface area contributed by atoms with E-state index in [4.69, 9.17) is 4.74 Å². The third-order valence-corrected chi connectivity index (χ3v) is 3.99. The molecule has 0 spiro atoms. The van der Waals surface area contributed by atoms with Crippen LogP contribution in [0.5, 0.6) is 5.75 Å². The van der Waals surface area contributed by atoms with Crippen LogP contribution in [0.1, 0.15) is 13.3 Å². The fourth-order valence-corrected chi connectivity index (χ4v) is 2.95. The van der Waals surface area contributed by atoms with Crippen LogP contribution in [0.4, 0.5) is 10.5 Å². The van der Waals surface area contributed by atoms with Crippen molar-refractivity contribution in [3.8, 4) is 5.75 Å². The molecule has 2 aliphatic rings. The van der Waals surface area contributed by atoms with Crippen LogP contribution in [0, 0.1) is 0 Å². The number of fused-ring (bicyclic) bond motifs is 3. The van der Waals surface area contributed by atoms with Gasteiger partial charge in [0.1, 0.15) is 17.9 Å². The van der Waals surface area contributed by atoms with Crippen LogP contribution < -0.4 is 15.0 Å². The van der Waals surface area contributed by atoms with Gasteiger partial charge in [0.05, 0.1) is 12.2 Å². The molecule has 1 N–H and O–H groups in total. The van der Waals surface area contributed by atoms with Gasteiger partial charge < -0.3 is 19.9 Å². The maximum Gasteiger partial charge on any atom is 0.318 e. The highest BCUT2D eigenvalue weighted by Crippen LogP contribution is 2.35. The smallest absolute Gasteiger partial charge is 0.318 e. The van der Waals surface area contributed by atoms with Gasteiger partial charge >= 0.3 is 6.03 Å². The van der Waals surface area contributed by atoms with E-state index in [1.165, 1.54) is 0 Å². The fourth-order valence-electron chi connectivity index (χ4n) is 2.95. The molecule has 0 saturated carbocycles. The van der Waals surface area contributed by atoms with E-state index in [1.54, 1.807) is 16.8 Å². The molecular formula is C15H19N3O3. The monoisotopic (exact) mass is 289 g/mol. The van der Waals surface area contributed by atoms with Crippen molar-refractivity contribution in [2.75, 3.05) is 25.0 Å². The second kappa shape index (κ2) is 5.27. The first kappa shape index (κ1) is 13.7. The number of rotatable bonds is 1. The number of likely N-dealkylation sites (N-methyl/N-ethyl adjacent to an activating group) is 1. The first-order chi connectivity index (χ1) is 10.1. The lowest BCUT2D eigenvalue weighted by atomic mass is 10.1. The summed E-state index contributed by atoms with van der Waals surface area (Å²) in [4.78, 5) is 28.0. The number of hydrogen-bond donors (Lipinski definition) is 1. The number of ether oxygens (including phenoxy) is 1. The molecule has 21 heavy (non-hydrogen) atoms. The Bertz CT molecular complexity index is 575. The highest BCUT2D eigenvalue weighted by molar-refractivity contribution is 6.00. The summed E-state index contributed by atoms with van der Waals surface area (Å²) in [6.07, 6.45) is 0.394. The van der Waals surface area contributed by atoms with Gasteiger partial charge in [-0.25, -0.2) is 4.79 Å². The Balaban J connectivity index is 1.94. The first-order valence-electron chi connectivity index (χ1n) is 7.19. The van der Waals surface area contributed by atoms with E-state index in [0.717, 1.165) is 5.69 Å². The van der Waals surface area contributed by atoms with Crippen molar-refractivity contribution in [3.63, 3.8) is 0 Å². The molecule has 0 radical (unpaired) electrons. The lowest BCUT2D eigenvalue weighted by molar-refractivity contribution is -0.122. The van der Waals surface area contributed by atoms with Gasteiger partial charge in [0.25, 0.3) is 0 Å². The normalized spacial score (nSPS) is 24.0. The highest BCUT2D eigenvalue weighted by Gasteiger charge is 2.44. The number of anilines is 1. The Morgan fingerprint density at radius 3 is 2.95 bits per heavy atom. The summed E-state index contributed by atoms with van der Waals surface area (Å²) in [6, 6.07) is 6.80. The third-order valence-electron chi connectivity index (χ3n) is 3.99. The lowest BCUT2D eigenvalue weighted by Crippen LogP contribution is -2.50. The Morgan fingerprint density at radius 1 is 1.43 bits per heavy atom. The van der Waals surface area contributed by atoms with Gasteiger partial charge in [-0.05, 0) is 19.1 Å². The Labute approximate surface area is 123 Å². The van der Waals surface area contributed by atoms with Gasteiger partial charge in [-0.3, -0.25) is 4.79 Å². The van der Waals surface area contributed by atoms with E-state index in [9.17, 15) is 9.59 Å². The second-order valence-corrected chi connectivity index (χ2v) is 5.34. The van der Waals surface area contributed by atoms with Gasteiger partial charge in [-0.2, -0.15) is 0 Å². The number of para-hydroxylation sites is 2. The minimum atomic E-state index is -0.458. The molecular weight excluding hydrogens is 270 g/mol. The molecule has 1 aromatic carbocycles. The number of carbonyl (C=O) groups is 2. The summed E-state index contributed by atoms with van der Waals surface area (Å²) in [5, 5.41) is 2.76. The molecule has 3 rings (SSSR count). The predicted octanol–water partition coefficient (Wildman–Crippen LogP) is 1.21. The fraction of sp³-hybridized carbons (Fsp3) is 0.467. The highest BCUT2D eigenvalue weighted by atomic mass is 16.5. The van der Waals surface area contributed by atoms with E-state index in [0.29, 0.717) is 25.3 Å². The van der Waals surface area contributed by atoms with Crippen LogP contribution in [0.15, 0.2) is 24.3 Å². The third kappa shape index (κ3) is 2.30. The van der Waals surface area contributed by atoms with E-state index >= 15 is 0 Å². The van der Waals surface area contributed by atoms with Gasteiger partial charge in [-0.1, -0.05) is 12.1 Å². The van der Waals surface area contributed by atoms with Gasteiger partial charge in [-0.15, -0.1) is 0 Å². The molecule has 2 bridgehead atoms. The zero-order chi connectivity index (χ0) is 15.0. The molecule has 6 nitrogen and oxygen atoms in total. The van der Waals surface area contributed by atoms with Crippen molar-refractivity contribution in [2.45, 2.75) is 25.5 Å². The zero-order valence-electron chi connectivity index (χ0n) is 12.2. The summed E-state index contributed by atoms with van der Waals surface area (Å²) in [5.74, 6) is 0.619. The topological polar surface area (TPSA) is 61.9 Å². The summed E-state index contributed by atoms with van der Waals surface area (Å²) in [6.45, 7) is 2.83. The molecule has 112 valence electrons. The number of nitrogens with zero attached hydrogens (tertiary/aromatic N) is 2. The van der Waals surface area contributed by atoms with Crippen molar-refractivity contribution in [1.82, 2.24) is 10.2 Å². The number of benzene rings is 1. The molecule has 1 saturated heterocycles. The van der Waals surface area contributed by atoms with Gasteiger partial charge in [0, 0.05) is 20.0 Å². The van der Waals surface area contributed by atoms with E-state index in [1.807, 2.05) is 31.2 Å². The van der Waals surface area contributed by atoms with E-state index in [2.05, 4.69) is 5.32 Å². The molecule has 1 aromatic rings. The quantitative estimate of drug-likeness (QED) is 0.845. The standard InChI is InChI=1S/C15H19N3O3/c1-3-16-15(20)18-9-10-8-12(18)14(19)17(2)11-6-4-5-7-13(11)21-10/h4-7,10,12H,3,8-9H2,1-2H3,(H,16,20). The maximum absolute atomic E-state index is 12.7. The first-order valence-corrected chi connectivity index (χ1v) is 7.19. The van der Waals surface area contributed by atoms with Crippen molar-refractivity contribution in [3.05, 3.63) is 24.3 Å². The van der Waals surface area contributed by atoms with Crippen LogP contribution in [0.2, 0.25) is 0 Å². The van der Waals surface area contributed by atoms with Crippen LogP contribution >= 0.6 is 0 Å². The minimum Gasteiger partial charge on any atom is -0.486 e.